The van der Waals surface area contributed by atoms with E-state index in [9.17, 15) is 9.18 Å². The molecule has 0 spiro atoms. The number of nitrogens with zero attached hydrogens (tertiary/aromatic N) is 3. The molecular weight excluding hydrogens is 343 g/mol. The third-order valence-corrected chi connectivity index (χ3v) is 3.78. The van der Waals surface area contributed by atoms with Gasteiger partial charge in [0, 0.05) is 29.0 Å². The summed E-state index contributed by atoms with van der Waals surface area (Å²) in [5, 5.41) is 3.13. The molecule has 2 aromatic carbocycles. The SMILES string of the molecule is CN(c1cncnc1)c1cc(F)cc(NC(=O)c2cccc(Cl)c2)c1. The molecule has 1 aromatic heterocycles. The molecule has 0 unspecified atom stereocenters. The van der Waals surface area contributed by atoms with Crippen LogP contribution in [-0.4, -0.2) is 22.9 Å². The zero-order valence-corrected chi connectivity index (χ0v) is 14.0. The molecule has 0 saturated heterocycles. The van der Waals surface area contributed by atoms with E-state index in [-0.39, 0.29) is 5.91 Å². The number of aromatic nitrogens is 2. The van der Waals surface area contributed by atoms with Crippen LogP contribution in [0.15, 0.2) is 61.2 Å². The van der Waals surface area contributed by atoms with Gasteiger partial charge >= 0.3 is 0 Å². The average Bonchev–Trinajstić information content (AvgIpc) is 2.61. The molecule has 1 amide bonds. The number of carbonyl (C=O) groups excluding carboxylic acids is 1. The highest BCUT2D eigenvalue weighted by molar-refractivity contribution is 6.31. The number of carbonyl (C=O) groups is 1. The van der Waals surface area contributed by atoms with Crippen molar-refractivity contribution < 1.29 is 9.18 Å². The minimum absolute atomic E-state index is 0.337. The molecule has 0 aliphatic carbocycles. The van der Waals surface area contributed by atoms with Crippen LogP contribution in [0.2, 0.25) is 5.02 Å². The number of benzene rings is 2. The summed E-state index contributed by atoms with van der Waals surface area (Å²) in [4.78, 5) is 21.9. The summed E-state index contributed by atoms with van der Waals surface area (Å²) in [6.45, 7) is 0. The van der Waals surface area contributed by atoms with Crippen molar-refractivity contribution in [2.24, 2.45) is 0 Å². The van der Waals surface area contributed by atoms with E-state index in [0.717, 1.165) is 0 Å². The van der Waals surface area contributed by atoms with Crippen molar-refractivity contribution in [2.45, 2.75) is 0 Å². The first kappa shape index (κ1) is 16.9. The van der Waals surface area contributed by atoms with Gasteiger partial charge in [-0.15, -0.1) is 0 Å². The van der Waals surface area contributed by atoms with Crippen molar-refractivity contribution in [2.75, 3.05) is 17.3 Å². The third kappa shape index (κ3) is 4.10. The molecule has 7 heteroatoms. The van der Waals surface area contributed by atoms with E-state index >= 15 is 0 Å². The topological polar surface area (TPSA) is 58.1 Å². The van der Waals surface area contributed by atoms with Crippen molar-refractivity contribution in [3.05, 3.63) is 77.6 Å². The molecule has 25 heavy (non-hydrogen) atoms. The lowest BCUT2D eigenvalue weighted by molar-refractivity contribution is 0.102. The van der Waals surface area contributed by atoms with Crippen LogP contribution in [0.4, 0.5) is 21.5 Å². The van der Waals surface area contributed by atoms with Gasteiger partial charge in [0.05, 0.1) is 18.1 Å². The number of halogens is 2. The molecule has 126 valence electrons. The Hall–Kier alpha value is -2.99. The summed E-state index contributed by atoms with van der Waals surface area (Å²) in [5.74, 6) is -0.840. The quantitative estimate of drug-likeness (QED) is 0.757. The Bertz CT molecular complexity index is 905. The van der Waals surface area contributed by atoms with Gasteiger partial charge in [-0.2, -0.15) is 0 Å². The Morgan fingerprint density at radius 2 is 1.88 bits per heavy atom. The smallest absolute Gasteiger partial charge is 0.255 e. The van der Waals surface area contributed by atoms with Crippen molar-refractivity contribution in [3.63, 3.8) is 0 Å². The predicted octanol–water partition coefficient (Wildman–Crippen LogP) is 4.29. The van der Waals surface area contributed by atoms with Gasteiger partial charge < -0.3 is 10.2 Å². The van der Waals surface area contributed by atoms with Gasteiger partial charge in [0.25, 0.3) is 5.91 Å². The van der Waals surface area contributed by atoms with E-state index < -0.39 is 5.82 Å². The second-order valence-electron chi connectivity index (χ2n) is 5.32. The highest BCUT2D eigenvalue weighted by Gasteiger charge is 2.11. The standard InChI is InChI=1S/C18H14ClFN4O/c1-24(17-9-21-11-22-10-17)16-7-14(20)6-15(8-16)23-18(25)12-3-2-4-13(19)5-12/h2-11H,1H3,(H,23,25). The Morgan fingerprint density at radius 3 is 2.60 bits per heavy atom. The number of anilines is 3. The molecule has 0 saturated carbocycles. The molecule has 0 aliphatic heterocycles. The molecule has 0 fully saturated rings. The summed E-state index contributed by atoms with van der Waals surface area (Å²) in [7, 11) is 1.76. The maximum Gasteiger partial charge on any atom is 0.255 e. The van der Waals surface area contributed by atoms with Gasteiger partial charge in [-0.05, 0) is 36.4 Å². The van der Waals surface area contributed by atoms with E-state index in [1.807, 2.05) is 0 Å². The van der Waals surface area contributed by atoms with E-state index in [0.29, 0.717) is 27.6 Å². The summed E-state index contributed by atoms with van der Waals surface area (Å²) < 4.78 is 14.0. The zero-order valence-electron chi connectivity index (χ0n) is 13.3. The summed E-state index contributed by atoms with van der Waals surface area (Å²) in [5.41, 5.74) is 1.98. The Balaban J connectivity index is 1.85. The molecule has 3 aromatic rings. The fourth-order valence-electron chi connectivity index (χ4n) is 2.29. The first-order valence-electron chi connectivity index (χ1n) is 7.39. The second kappa shape index (κ2) is 7.27. The van der Waals surface area contributed by atoms with E-state index in [1.54, 1.807) is 54.7 Å². The number of amides is 1. The van der Waals surface area contributed by atoms with Crippen molar-refractivity contribution in [1.82, 2.24) is 9.97 Å². The van der Waals surface area contributed by atoms with Crippen LogP contribution in [0.3, 0.4) is 0 Å². The van der Waals surface area contributed by atoms with Gasteiger partial charge in [0.15, 0.2) is 0 Å². The fourth-order valence-corrected chi connectivity index (χ4v) is 2.48. The lowest BCUT2D eigenvalue weighted by atomic mass is 10.2. The highest BCUT2D eigenvalue weighted by Crippen LogP contribution is 2.26. The lowest BCUT2D eigenvalue weighted by Crippen LogP contribution is -2.14. The van der Waals surface area contributed by atoms with E-state index in [1.165, 1.54) is 18.5 Å². The van der Waals surface area contributed by atoms with Gasteiger partial charge in [0.2, 0.25) is 0 Å². The molecule has 0 aliphatic rings. The summed E-state index contributed by atoms with van der Waals surface area (Å²) in [6, 6.07) is 10.8. The van der Waals surface area contributed by atoms with E-state index in [4.69, 9.17) is 11.6 Å². The van der Waals surface area contributed by atoms with Crippen LogP contribution in [-0.2, 0) is 0 Å². The normalized spacial score (nSPS) is 10.4. The van der Waals surface area contributed by atoms with Crippen LogP contribution < -0.4 is 10.2 Å². The second-order valence-corrected chi connectivity index (χ2v) is 5.75. The van der Waals surface area contributed by atoms with Gasteiger partial charge in [-0.25, -0.2) is 14.4 Å². The highest BCUT2D eigenvalue weighted by atomic mass is 35.5. The molecule has 0 radical (unpaired) electrons. The third-order valence-electron chi connectivity index (χ3n) is 3.55. The van der Waals surface area contributed by atoms with Crippen LogP contribution >= 0.6 is 11.6 Å². The maximum atomic E-state index is 14.0. The largest absolute Gasteiger partial charge is 0.342 e. The Labute approximate surface area is 149 Å². The molecular formula is C18H14ClFN4O. The Kier molecular flexibility index (Phi) is 4.90. The predicted molar refractivity (Wildman–Crippen MR) is 95.9 cm³/mol. The minimum Gasteiger partial charge on any atom is -0.342 e. The van der Waals surface area contributed by atoms with Crippen molar-refractivity contribution >= 4 is 34.6 Å². The van der Waals surface area contributed by atoms with Gasteiger partial charge in [-0.3, -0.25) is 4.79 Å². The number of nitrogens with one attached hydrogen (secondary N) is 1. The summed E-state index contributed by atoms with van der Waals surface area (Å²) >= 11 is 5.89. The zero-order chi connectivity index (χ0) is 17.8. The maximum absolute atomic E-state index is 14.0. The molecule has 1 heterocycles. The molecule has 3 rings (SSSR count). The first-order chi connectivity index (χ1) is 12.0. The first-order valence-corrected chi connectivity index (χ1v) is 7.77. The van der Waals surface area contributed by atoms with Crippen molar-refractivity contribution in [3.8, 4) is 0 Å². The summed E-state index contributed by atoms with van der Waals surface area (Å²) in [6.07, 6.45) is 4.64. The number of rotatable bonds is 4. The monoisotopic (exact) mass is 356 g/mol. The van der Waals surface area contributed by atoms with Crippen LogP contribution in [0.5, 0.6) is 0 Å². The number of hydrogen-bond donors (Lipinski definition) is 1. The fraction of sp³-hybridized carbons (Fsp3) is 0.0556. The molecule has 0 bridgehead atoms. The average molecular weight is 357 g/mol. The van der Waals surface area contributed by atoms with Crippen LogP contribution in [0.1, 0.15) is 10.4 Å². The molecule has 5 nitrogen and oxygen atoms in total. The lowest BCUT2D eigenvalue weighted by Gasteiger charge is -2.19. The van der Waals surface area contributed by atoms with E-state index in [2.05, 4.69) is 15.3 Å². The molecule has 1 N–H and O–H groups in total. The Morgan fingerprint density at radius 1 is 1.12 bits per heavy atom. The minimum atomic E-state index is -0.470. The van der Waals surface area contributed by atoms with Crippen LogP contribution in [0.25, 0.3) is 0 Å². The van der Waals surface area contributed by atoms with Gasteiger partial charge in [0.1, 0.15) is 12.1 Å². The van der Waals surface area contributed by atoms with Gasteiger partial charge in [-0.1, -0.05) is 17.7 Å². The number of hydrogen-bond acceptors (Lipinski definition) is 4. The van der Waals surface area contributed by atoms with Crippen molar-refractivity contribution in [1.29, 1.82) is 0 Å². The van der Waals surface area contributed by atoms with Crippen LogP contribution in [0, 0.1) is 5.82 Å². The molecule has 0 atom stereocenters.